The number of hydrogen-bond donors (Lipinski definition) is 0. The van der Waals surface area contributed by atoms with Crippen molar-refractivity contribution in [3.63, 3.8) is 0 Å². The smallest absolute Gasteiger partial charge is 0.364 e. The van der Waals surface area contributed by atoms with Gasteiger partial charge >= 0.3 is 21.2 Å². The van der Waals surface area contributed by atoms with Crippen LogP contribution in [0.1, 0.15) is 0 Å². The Labute approximate surface area is 138 Å². The minimum Gasteiger partial charge on any atom is -0.748 e. The molecule has 2 aromatic rings. The first-order valence-corrected chi connectivity index (χ1v) is 9.75. The number of benzene rings is 2. The quantitative estimate of drug-likeness (QED) is 0.378. The Balaban J connectivity index is 0.000000295. The molecule has 7 heteroatoms. The maximum absolute atomic E-state index is 13.3. The number of hydrogen-bond acceptors (Lipinski definition) is 3. The first-order valence-electron chi connectivity index (χ1n) is 6.02. The SMILES string of the molecule is C=CCS(=O)(=O)[O-].Fc1ccccc1[I+]c1ccccc1F. The molecule has 0 atom stereocenters. The zero-order chi connectivity index (χ0) is 16.6. The normalized spacial score (nSPS) is 10.5. The predicted octanol–water partition coefficient (Wildman–Crippen LogP) is -0.189. The minimum atomic E-state index is -4.04. The van der Waals surface area contributed by atoms with Crippen molar-refractivity contribution in [1.82, 2.24) is 0 Å². The lowest BCUT2D eigenvalue weighted by Gasteiger charge is -1.98. The van der Waals surface area contributed by atoms with Crippen LogP contribution in [0.2, 0.25) is 0 Å². The molecule has 0 aliphatic carbocycles. The van der Waals surface area contributed by atoms with E-state index in [0.717, 1.165) is 6.08 Å². The van der Waals surface area contributed by atoms with Crippen LogP contribution in [0.15, 0.2) is 61.2 Å². The van der Waals surface area contributed by atoms with Gasteiger partial charge < -0.3 is 4.55 Å². The van der Waals surface area contributed by atoms with E-state index in [1.54, 1.807) is 36.4 Å². The highest BCUT2D eigenvalue weighted by Gasteiger charge is 2.22. The second-order valence-electron chi connectivity index (χ2n) is 3.94. The number of halogens is 3. The third-order valence-corrected chi connectivity index (χ3v) is 5.73. The first-order chi connectivity index (χ1) is 10.3. The van der Waals surface area contributed by atoms with Gasteiger partial charge in [0.15, 0.2) is 11.6 Å². The van der Waals surface area contributed by atoms with Gasteiger partial charge in [-0.3, -0.25) is 0 Å². The summed E-state index contributed by atoms with van der Waals surface area (Å²) in [5.74, 6) is -0.963. The molecule has 0 saturated carbocycles. The van der Waals surface area contributed by atoms with E-state index < -0.39 is 37.1 Å². The molecule has 0 aliphatic heterocycles. The van der Waals surface area contributed by atoms with Crippen molar-refractivity contribution in [3.8, 4) is 0 Å². The molecule has 0 radical (unpaired) electrons. The predicted molar refractivity (Wildman–Crippen MR) is 75.0 cm³/mol. The highest BCUT2D eigenvalue weighted by molar-refractivity contribution is 7.85. The van der Waals surface area contributed by atoms with Gasteiger partial charge in [-0.25, -0.2) is 17.2 Å². The van der Waals surface area contributed by atoms with Crippen LogP contribution in [0.4, 0.5) is 8.78 Å². The summed E-state index contributed by atoms with van der Waals surface area (Å²) in [6.07, 6.45) is 1.06. The Kier molecular flexibility index (Phi) is 7.63. The molecule has 118 valence electrons. The summed E-state index contributed by atoms with van der Waals surface area (Å²) in [4.78, 5) is 0. The zero-order valence-corrected chi connectivity index (χ0v) is 14.4. The summed E-state index contributed by atoms with van der Waals surface area (Å²) in [6.45, 7) is 3.07. The van der Waals surface area contributed by atoms with E-state index in [-0.39, 0.29) is 11.6 Å². The van der Waals surface area contributed by atoms with Gasteiger partial charge in [0.1, 0.15) is 0 Å². The Bertz CT molecular complexity index is 690. The van der Waals surface area contributed by atoms with Gasteiger partial charge in [-0.1, -0.05) is 30.3 Å². The fourth-order valence-corrected chi connectivity index (χ4v) is 3.85. The van der Waals surface area contributed by atoms with Gasteiger partial charge in [-0.2, -0.15) is 0 Å². The molecule has 0 amide bonds. The highest BCUT2D eigenvalue weighted by atomic mass is 127. The van der Waals surface area contributed by atoms with Crippen molar-refractivity contribution in [3.05, 3.63) is 80.0 Å². The van der Waals surface area contributed by atoms with Crippen molar-refractivity contribution in [1.29, 1.82) is 0 Å². The molecule has 3 nitrogen and oxygen atoms in total. The molecule has 0 saturated heterocycles. The maximum atomic E-state index is 13.3. The third-order valence-electron chi connectivity index (χ3n) is 2.17. The molecule has 0 aliphatic rings. The van der Waals surface area contributed by atoms with Gasteiger partial charge in [0.05, 0.1) is 15.9 Å². The van der Waals surface area contributed by atoms with E-state index in [2.05, 4.69) is 6.58 Å². The zero-order valence-electron chi connectivity index (χ0n) is 11.4. The van der Waals surface area contributed by atoms with Crippen molar-refractivity contribution in [2.24, 2.45) is 0 Å². The van der Waals surface area contributed by atoms with Gasteiger partial charge in [0, 0.05) is 0 Å². The van der Waals surface area contributed by atoms with E-state index in [4.69, 9.17) is 0 Å². The van der Waals surface area contributed by atoms with E-state index in [1.165, 1.54) is 12.1 Å². The van der Waals surface area contributed by atoms with Crippen LogP contribution < -0.4 is 21.2 Å². The number of rotatable bonds is 4. The van der Waals surface area contributed by atoms with Crippen LogP contribution in [-0.4, -0.2) is 18.7 Å². The molecular weight excluding hydrogens is 425 g/mol. The standard InChI is InChI=1S/C12H8F2I.C3H6O3S/c13-9-5-1-3-7-11(9)15-12-8-4-2-6-10(12)14;1-2-3-7(4,5)6/h1-8H;2H,1,3H2,(H,4,5,6)/q+1;/p-1. The summed E-state index contributed by atoms with van der Waals surface area (Å²) in [6, 6.07) is 13.1. The lowest BCUT2D eigenvalue weighted by atomic mass is 10.4. The monoisotopic (exact) mass is 438 g/mol. The van der Waals surface area contributed by atoms with Crippen LogP contribution >= 0.6 is 0 Å². The molecule has 0 aromatic heterocycles. The van der Waals surface area contributed by atoms with Crippen molar-refractivity contribution < 1.29 is 43.0 Å². The molecule has 0 fully saturated rings. The maximum Gasteiger partial charge on any atom is 0.364 e. The second-order valence-corrected chi connectivity index (χ2v) is 8.25. The highest BCUT2D eigenvalue weighted by Crippen LogP contribution is 1.96. The van der Waals surface area contributed by atoms with Crippen LogP contribution in [0.25, 0.3) is 0 Å². The van der Waals surface area contributed by atoms with E-state index in [9.17, 15) is 21.8 Å². The first kappa shape index (κ1) is 18.7. The summed E-state index contributed by atoms with van der Waals surface area (Å²) in [7, 11) is -4.04. The molecule has 0 unspecified atom stereocenters. The fraction of sp³-hybridized carbons (Fsp3) is 0.0667. The molecule has 2 rings (SSSR count). The van der Waals surface area contributed by atoms with Crippen molar-refractivity contribution >= 4 is 10.1 Å². The van der Waals surface area contributed by atoms with Gasteiger partial charge in [-0.05, 0) is 24.3 Å². The molecule has 2 aromatic carbocycles. The molecule has 0 spiro atoms. The van der Waals surface area contributed by atoms with Gasteiger partial charge in [-0.15, -0.1) is 6.58 Å². The molecule has 0 bridgehead atoms. The van der Waals surface area contributed by atoms with Crippen LogP contribution in [0.3, 0.4) is 0 Å². The largest absolute Gasteiger partial charge is 0.748 e. The van der Waals surface area contributed by atoms with Crippen molar-refractivity contribution in [2.75, 3.05) is 5.75 Å². The van der Waals surface area contributed by atoms with Gasteiger partial charge in [0.2, 0.25) is 7.14 Å². The summed E-state index contributed by atoms with van der Waals surface area (Å²) >= 11 is -0.765. The lowest BCUT2D eigenvalue weighted by molar-refractivity contribution is -0.603. The average Bonchev–Trinajstić information content (AvgIpc) is 2.43. The Morgan fingerprint density at radius 1 is 1.00 bits per heavy atom. The summed E-state index contributed by atoms with van der Waals surface area (Å²) < 4.78 is 56.7. The van der Waals surface area contributed by atoms with Crippen LogP contribution in [-0.2, 0) is 10.1 Å². The molecular formula is C15H13F2IO3S. The van der Waals surface area contributed by atoms with E-state index >= 15 is 0 Å². The summed E-state index contributed by atoms with van der Waals surface area (Å²) in [5, 5.41) is 0. The van der Waals surface area contributed by atoms with Crippen LogP contribution in [0.5, 0.6) is 0 Å². The third kappa shape index (κ3) is 7.10. The topological polar surface area (TPSA) is 57.2 Å². The fourth-order valence-electron chi connectivity index (χ4n) is 1.29. The lowest BCUT2D eigenvalue weighted by Crippen LogP contribution is -3.62. The summed E-state index contributed by atoms with van der Waals surface area (Å²) in [5.41, 5.74) is 0. The Morgan fingerprint density at radius 2 is 1.41 bits per heavy atom. The molecule has 22 heavy (non-hydrogen) atoms. The Morgan fingerprint density at radius 3 is 1.68 bits per heavy atom. The molecule has 0 heterocycles. The molecule has 0 N–H and O–H groups in total. The van der Waals surface area contributed by atoms with Gasteiger partial charge in [0.25, 0.3) is 0 Å². The Hall–Kier alpha value is -1.32. The van der Waals surface area contributed by atoms with E-state index in [1.807, 2.05) is 0 Å². The van der Waals surface area contributed by atoms with Crippen LogP contribution in [0, 0.1) is 18.8 Å². The van der Waals surface area contributed by atoms with Crippen molar-refractivity contribution in [2.45, 2.75) is 0 Å². The minimum absolute atomic E-state index is 0.242. The second kappa shape index (κ2) is 8.96. The average molecular weight is 438 g/mol. The van der Waals surface area contributed by atoms with E-state index in [0.29, 0.717) is 7.14 Å².